The van der Waals surface area contributed by atoms with Crippen LogP contribution in [0.1, 0.15) is 21.7 Å². The van der Waals surface area contributed by atoms with Gasteiger partial charge in [-0.15, -0.1) is 0 Å². The van der Waals surface area contributed by atoms with Crippen LogP contribution in [0.5, 0.6) is 5.75 Å². The second-order valence-electron chi connectivity index (χ2n) is 5.38. The lowest BCUT2D eigenvalue weighted by molar-refractivity contribution is 0.0952. The predicted molar refractivity (Wildman–Crippen MR) is 99.7 cm³/mol. The Balaban J connectivity index is 1.69. The van der Waals surface area contributed by atoms with Crippen molar-refractivity contribution in [3.63, 3.8) is 0 Å². The third kappa shape index (κ3) is 3.97. The molecule has 0 aliphatic heterocycles. The lowest BCUT2D eigenvalue weighted by Crippen LogP contribution is -2.17. The van der Waals surface area contributed by atoms with E-state index in [1.165, 1.54) is 18.3 Å². The first-order chi connectivity index (χ1) is 12.0. The van der Waals surface area contributed by atoms with Crippen LogP contribution in [0.4, 0.5) is 0 Å². The summed E-state index contributed by atoms with van der Waals surface area (Å²) in [5.41, 5.74) is 4.60. The van der Waals surface area contributed by atoms with Gasteiger partial charge in [-0.1, -0.05) is 40.2 Å². The van der Waals surface area contributed by atoms with Crippen molar-refractivity contribution in [3.05, 3.63) is 76.0 Å². The Kier molecular flexibility index (Phi) is 5.00. The highest BCUT2D eigenvalue weighted by Crippen LogP contribution is 2.26. The average molecular weight is 399 g/mol. The number of aryl methyl sites for hydroxylation is 1. The van der Waals surface area contributed by atoms with E-state index in [0.29, 0.717) is 11.5 Å². The molecule has 6 heteroatoms. The van der Waals surface area contributed by atoms with E-state index in [4.69, 9.17) is 4.42 Å². The van der Waals surface area contributed by atoms with E-state index in [0.717, 1.165) is 15.6 Å². The maximum Gasteiger partial charge on any atom is 0.275 e. The van der Waals surface area contributed by atoms with Gasteiger partial charge in [-0.3, -0.25) is 4.79 Å². The van der Waals surface area contributed by atoms with Gasteiger partial charge >= 0.3 is 0 Å². The van der Waals surface area contributed by atoms with E-state index in [9.17, 15) is 9.90 Å². The zero-order valence-electron chi connectivity index (χ0n) is 13.4. The quantitative estimate of drug-likeness (QED) is 0.502. The van der Waals surface area contributed by atoms with Crippen molar-refractivity contribution in [2.75, 3.05) is 0 Å². The molecule has 3 aromatic rings. The first kappa shape index (κ1) is 17.0. The molecule has 1 amide bonds. The van der Waals surface area contributed by atoms with Crippen LogP contribution < -0.4 is 5.43 Å². The molecule has 0 atom stereocenters. The number of amides is 1. The average Bonchev–Trinajstić information content (AvgIpc) is 3.06. The van der Waals surface area contributed by atoms with Crippen molar-refractivity contribution >= 4 is 28.1 Å². The molecule has 0 aliphatic rings. The number of carbonyl (C=O) groups excluding carboxylic acids is 1. The number of hydrogen-bond acceptors (Lipinski definition) is 4. The third-order valence-corrected chi connectivity index (χ3v) is 4.44. The van der Waals surface area contributed by atoms with Gasteiger partial charge in [-0.25, -0.2) is 5.43 Å². The number of carbonyl (C=O) groups is 1. The minimum atomic E-state index is -0.497. The van der Waals surface area contributed by atoms with Gasteiger partial charge in [0, 0.05) is 10.0 Å². The highest BCUT2D eigenvalue weighted by atomic mass is 79.9. The lowest BCUT2D eigenvalue weighted by Gasteiger charge is -2.01. The number of rotatable bonds is 4. The largest absolute Gasteiger partial charge is 0.507 e. The minimum absolute atomic E-state index is 0.0968. The molecule has 2 N–H and O–H groups in total. The van der Waals surface area contributed by atoms with E-state index in [1.54, 1.807) is 18.2 Å². The number of hydrazone groups is 1. The fourth-order valence-corrected chi connectivity index (χ4v) is 2.58. The standard InChI is InChI=1S/C19H15BrN2O3/c1-12-6-7-13(10-16(12)20)18-9-8-14(25-18)11-21-22-19(24)15-4-2-3-5-17(15)23/h2-11,23H,1H3,(H,22,24)/b21-11+. The van der Waals surface area contributed by atoms with Crippen molar-refractivity contribution in [3.8, 4) is 17.1 Å². The van der Waals surface area contributed by atoms with E-state index in [1.807, 2.05) is 31.2 Å². The molecule has 0 radical (unpaired) electrons. The molecule has 0 spiro atoms. The molecule has 0 saturated carbocycles. The lowest BCUT2D eigenvalue weighted by atomic mass is 10.1. The molecule has 0 aliphatic carbocycles. The summed E-state index contributed by atoms with van der Waals surface area (Å²) in [5.74, 6) is 0.613. The third-order valence-electron chi connectivity index (χ3n) is 3.59. The molecule has 1 aromatic heterocycles. The molecule has 0 bridgehead atoms. The van der Waals surface area contributed by atoms with E-state index < -0.39 is 5.91 Å². The van der Waals surface area contributed by atoms with Crippen molar-refractivity contribution in [1.82, 2.24) is 5.43 Å². The number of nitrogens with one attached hydrogen (secondary N) is 1. The van der Waals surface area contributed by atoms with Gasteiger partial charge in [-0.05, 0) is 42.8 Å². The SMILES string of the molecule is Cc1ccc(-c2ccc(/C=N/NC(=O)c3ccccc3O)o2)cc1Br. The molecule has 0 unspecified atom stereocenters. The van der Waals surface area contributed by atoms with Crippen molar-refractivity contribution in [1.29, 1.82) is 0 Å². The molecule has 5 nitrogen and oxygen atoms in total. The number of para-hydroxylation sites is 1. The van der Waals surface area contributed by atoms with E-state index in [-0.39, 0.29) is 11.3 Å². The summed E-state index contributed by atoms with van der Waals surface area (Å²) < 4.78 is 6.71. The Labute approximate surface area is 153 Å². The van der Waals surface area contributed by atoms with Crippen LogP contribution in [0.25, 0.3) is 11.3 Å². The Morgan fingerprint density at radius 1 is 1.20 bits per heavy atom. The van der Waals surface area contributed by atoms with Crippen LogP contribution in [0.15, 0.2) is 68.6 Å². The summed E-state index contributed by atoms with van der Waals surface area (Å²) in [7, 11) is 0. The minimum Gasteiger partial charge on any atom is -0.507 e. The number of furan rings is 1. The van der Waals surface area contributed by atoms with Crippen LogP contribution in [0.2, 0.25) is 0 Å². The molecule has 25 heavy (non-hydrogen) atoms. The van der Waals surface area contributed by atoms with Gasteiger partial charge < -0.3 is 9.52 Å². The Bertz CT molecular complexity index is 947. The monoisotopic (exact) mass is 398 g/mol. The zero-order valence-corrected chi connectivity index (χ0v) is 14.9. The maximum atomic E-state index is 11.9. The van der Waals surface area contributed by atoms with Crippen molar-refractivity contribution < 1.29 is 14.3 Å². The fourth-order valence-electron chi connectivity index (χ4n) is 2.20. The number of halogens is 1. The summed E-state index contributed by atoms with van der Waals surface area (Å²) >= 11 is 3.50. The second kappa shape index (κ2) is 7.36. The highest BCUT2D eigenvalue weighted by Gasteiger charge is 2.09. The van der Waals surface area contributed by atoms with Gasteiger partial charge in [0.15, 0.2) is 0 Å². The van der Waals surface area contributed by atoms with Gasteiger partial charge in [0.25, 0.3) is 5.91 Å². The van der Waals surface area contributed by atoms with Crippen LogP contribution >= 0.6 is 15.9 Å². The van der Waals surface area contributed by atoms with Gasteiger partial charge in [-0.2, -0.15) is 5.10 Å². The number of hydrogen-bond donors (Lipinski definition) is 2. The predicted octanol–water partition coefficient (Wildman–Crippen LogP) is 4.49. The number of nitrogens with zero attached hydrogens (tertiary/aromatic N) is 1. The molecule has 1 heterocycles. The topological polar surface area (TPSA) is 74.8 Å². The zero-order chi connectivity index (χ0) is 17.8. The van der Waals surface area contributed by atoms with Crippen LogP contribution in [-0.2, 0) is 0 Å². The van der Waals surface area contributed by atoms with Gasteiger partial charge in [0.05, 0.1) is 11.8 Å². The summed E-state index contributed by atoms with van der Waals surface area (Å²) in [5, 5.41) is 13.5. The highest BCUT2D eigenvalue weighted by molar-refractivity contribution is 9.10. The molecule has 3 rings (SSSR count). The van der Waals surface area contributed by atoms with Crippen molar-refractivity contribution in [2.24, 2.45) is 5.10 Å². The first-order valence-electron chi connectivity index (χ1n) is 7.52. The number of benzene rings is 2. The summed E-state index contributed by atoms with van der Waals surface area (Å²) in [4.78, 5) is 11.9. The molecule has 2 aromatic carbocycles. The normalized spacial score (nSPS) is 11.0. The van der Waals surface area contributed by atoms with Crippen LogP contribution in [0, 0.1) is 6.92 Å². The number of phenols is 1. The van der Waals surface area contributed by atoms with Gasteiger partial charge in [0.1, 0.15) is 17.3 Å². The Morgan fingerprint density at radius 2 is 2.00 bits per heavy atom. The second-order valence-corrected chi connectivity index (χ2v) is 6.24. The molecule has 0 fully saturated rings. The van der Waals surface area contributed by atoms with Crippen LogP contribution in [-0.4, -0.2) is 17.2 Å². The molecular formula is C19H15BrN2O3. The molecule has 126 valence electrons. The first-order valence-corrected chi connectivity index (χ1v) is 8.31. The number of phenolic OH excluding ortho intramolecular Hbond substituents is 1. The van der Waals surface area contributed by atoms with Crippen molar-refractivity contribution in [2.45, 2.75) is 6.92 Å². The summed E-state index contributed by atoms with van der Waals surface area (Å²) in [6, 6.07) is 15.8. The van der Waals surface area contributed by atoms with E-state index in [2.05, 4.69) is 26.5 Å². The Morgan fingerprint density at radius 3 is 2.76 bits per heavy atom. The smallest absolute Gasteiger partial charge is 0.275 e. The maximum absolute atomic E-state index is 11.9. The Hall–Kier alpha value is -2.86. The summed E-state index contributed by atoms with van der Waals surface area (Å²) in [6.07, 6.45) is 1.41. The number of aromatic hydroxyl groups is 1. The fraction of sp³-hybridized carbons (Fsp3) is 0.0526. The molecule has 0 saturated heterocycles. The van der Waals surface area contributed by atoms with Gasteiger partial charge in [0.2, 0.25) is 0 Å². The van der Waals surface area contributed by atoms with Crippen LogP contribution in [0.3, 0.4) is 0 Å². The summed E-state index contributed by atoms with van der Waals surface area (Å²) in [6.45, 7) is 2.02. The molecular weight excluding hydrogens is 384 g/mol. The van der Waals surface area contributed by atoms with E-state index >= 15 is 0 Å².